The van der Waals surface area contributed by atoms with Gasteiger partial charge < -0.3 is 15.2 Å². The average Bonchev–Trinajstić information content (AvgIpc) is 2.85. The maximum Gasteiger partial charge on any atom is 0.294 e. The molecule has 190 valence electrons. The number of azo groups is 1. The number of halogens is 2. The van der Waals surface area contributed by atoms with Crippen molar-refractivity contribution < 1.29 is 27.6 Å². The number of carbonyl (C=O) groups excluding carboxylic acids is 1. The number of ether oxygens (including phenoxy) is 1. The van der Waals surface area contributed by atoms with Gasteiger partial charge in [0.1, 0.15) is 11.4 Å². The smallest absolute Gasteiger partial charge is 0.294 e. The standard InChI is InChI=1S/C25H19Cl2N3O6S/c1-13-19(26)11-16(37(33,34)35)12-22(13)29-30-23-17-6-4-3-5-14(17)9-18(24(23)31)25(32)28-21-8-7-15(36-2)10-20(21)27/h3-12,31H,1-2H3,(H,28,32)(H,33,34,35). The van der Waals surface area contributed by atoms with Crippen LogP contribution in [0.4, 0.5) is 17.1 Å². The van der Waals surface area contributed by atoms with E-state index < -0.39 is 26.7 Å². The normalized spacial score (nSPS) is 11.7. The lowest BCUT2D eigenvalue weighted by molar-refractivity contribution is 0.102. The number of nitrogens with one attached hydrogen (secondary N) is 1. The van der Waals surface area contributed by atoms with Gasteiger partial charge in [-0.15, -0.1) is 5.11 Å². The predicted molar refractivity (Wildman–Crippen MR) is 142 cm³/mol. The second-order valence-electron chi connectivity index (χ2n) is 7.87. The number of carbonyl (C=O) groups is 1. The van der Waals surface area contributed by atoms with E-state index in [4.69, 9.17) is 27.9 Å². The summed E-state index contributed by atoms with van der Waals surface area (Å²) in [5, 5.41) is 23.3. The van der Waals surface area contributed by atoms with Crippen LogP contribution >= 0.6 is 23.2 Å². The molecule has 0 bridgehead atoms. The first-order chi connectivity index (χ1) is 17.5. The van der Waals surface area contributed by atoms with E-state index >= 15 is 0 Å². The zero-order chi connectivity index (χ0) is 26.9. The minimum atomic E-state index is -4.55. The Labute approximate surface area is 222 Å². The Balaban J connectivity index is 1.81. The van der Waals surface area contributed by atoms with E-state index in [2.05, 4.69) is 15.5 Å². The van der Waals surface area contributed by atoms with E-state index in [0.717, 1.165) is 12.1 Å². The summed E-state index contributed by atoms with van der Waals surface area (Å²) in [5.41, 5.74) is 0.612. The van der Waals surface area contributed by atoms with Crippen molar-refractivity contribution >= 4 is 67.1 Å². The number of anilines is 1. The number of fused-ring (bicyclic) bond motifs is 1. The molecule has 0 aliphatic rings. The van der Waals surface area contributed by atoms with E-state index in [9.17, 15) is 22.9 Å². The van der Waals surface area contributed by atoms with Gasteiger partial charge in [-0.3, -0.25) is 9.35 Å². The Morgan fingerprint density at radius 3 is 2.41 bits per heavy atom. The summed E-state index contributed by atoms with van der Waals surface area (Å²) < 4.78 is 37.7. The van der Waals surface area contributed by atoms with Gasteiger partial charge in [-0.05, 0) is 48.2 Å². The Kier molecular flexibility index (Phi) is 7.37. The molecular formula is C25H19Cl2N3O6S. The molecule has 1 amide bonds. The van der Waals surface area contributed by atoms with E-state index in [1.807, 2.05) is 0 Å². The number of benzene rings is 4. The lowest BCUT2D eigenvalue weighted by Crippen LogP contribution is -2.12. The van der Waals surface area contributed by atoms with E-state index in [-0.39, 0.29) is 27.0 Å². The van der Waals surface area contributed by atoms with Crippen molar-refractivity contribution in [1.82, 2.24) is 0 Å². The molecule has 37 heavy (non-hydrogen) atoms. The van der Waals surface area contributed by atoms with Crippen LogP contribution in [0.3, 0.4) is 0 Å². The number of phenols is 1. The summed E-state index contributed by atoms with van der Waals surface area (Å²) in [5.74, 6) is -0.605. The van der Waals surface area contributed by atoms with Gasteiger partial charge in [0.15, 0.2) is 5.75 Å². The Morgan fingerprint density at radius 2 is 1.73 bits per heavy atom. The highest BCUT2D eigenvalue weighted by molar-refractivity contribution is 7.85. The second-order valence-corrected chi connectivity index (χ2v) is 10.1. The number of phenolic OH excluding ortho intramolecular Hbond substituents is 1. The van der Waals surface area contributed by atoms with Gasteiger partial charge in [-0.25, -0.2) is 0 Å². The summed E-state index contributed by atoms with van der Waals surface area (Å²) in [7, 11) is -3.07. The van der Waals surface area contributed by atoms with Crippen LogP contribution in [0.5, 0.6) is 11.5 Å². The van der Waals surface area contributed by atoms with Crippen LogP contribution in [-0.4, -0.2) is 31.1 Å². The topological polar surface area (TPSA) is 138 Å². The van der Waals surface area contributed by atoms with E-state index in [0.29, 0.717) is 27.8 Å². The van der Waals surface area contributed by atoms with Gasteiger partial charge >= 0.3 is 0 Å². The molecule has 0 spiro atoms. The van der Waals surface area contributed by atoms with Gasteiger partial charge in [-0.1, -0.05) is 47.5 Å². The number of rotatable bonds is 6. The SMILES string of the molecule is COc1ccc(NC(=O)c2cc3ccccc3c(N=Nc3cc(S(=O)(=O)O)cc(Cl)c3C)c2O)c(Cl)c1. The Morgan fingerprint density at radius 1 is 1.00 bits per heavy atom. The third-order valence-corrected chi connectivity index (χ3v) is 7.05. The first-order valence-corrected chi connectivity index (χ1v) is 12.8. The van der Waals surface area contributed by atoms with Gasteiger partial charge in [-0.2, -0.15) is 13.5 Å². The van der Waals surface area contributed by atoms with Gasteiger partial charge in [0.2, 0.25) is 0 Å². The molecular weight excluding hydrogens is 541 g/mol. The fourth-order valence-corrected chi connectivity index (χ4v) is 4.53. The summed E-state index contributed by atoms with van der Waals surface area (Å²) >= 11 is 12.3. The number of aromatic hydroxyl groups is 1. The molecule has 4 aromatic carbocycles. The lowest BCUT2D eigenvalue weighted by Gasteiger charge is -2.12. The quantitative estimate of drug-likeness (QED) is 0.170. The lowest BCUT2D eigenvalue weighted by atomic mass is 10.0. The van der Waals surface area contributed by atoms with Gasteiger partial charge in [0.25, 0.3) is 16.0 Å². The minimum absolute atomic E-state index is 0.0307. The molecule has 3 N–H and O–H groups in total. The Hall–Kier alpha value is -3.70. The predicted octanol–water partition coefficient (Wildman–Crippen LogP) is 7.08. The summed E-state index contributed by atoms with van der Waals surface area (Å²) in [6.45, 7) is 1.59. The summed E-state index contributed by atoms with van der Waals surface area (Å²) in [6, 6.07) is 15.3. The highest BCUT2D eigenvalue weighted by Gasteiger charge is 2.20. The number of nitrogens with zero attached hydrogens (tertiary/aromatic N) is 2. The molecule has 0 fully saturated rings. The Bertz CT molecular complexity index is 1690. The number of methoxy groups -OCH3 is 1. The fourth-order valence-electron chi connectivity index (χ4n) is 3.50. The first kappa shape index (κ1) is 26.4. The molecule has 0 unspecified atom stereocenters. The number of amides is 1. The van der Waals surface area contributed by atoms with Crippen LogP contribution in [0, 0.1) is 6.92 Å². The molecule has 0 aromatic heterocycles. The van der Waals surface area contributed by atoms with Crippen LogP contribution in [0.1, 0.15) is 15.9 Å². The highest BCUT2D eigenvalue weighted by Crippen LogP contribution is 2.41. The van der Waals surface area contributed by atoms with Crippen molar-refractivity contribution in [2.75, 3.05) is 12.4 Å². The third kappa shape index (κ3) is 5.52. The molecule has 0 heterocycles. The molecule has 12 heteroatoms. The summed E-state index contributed by atoms with van der Waals surface area (Å²) in [6.07, 6.45) is 0. The molecule has 0 saturated carbocycles. The van der Waals surface area contributed by atoms with Crippen LogP contribution in [0.15, 0.2) is 75.8 Å². The largest absolute Gasteiger partial charge is 0.505 e. The molecule has 4 rings (SSSR count). The number of hydrogen-bond acceptors (Lipinski definition) is 7. The minimum Gasteiger partial charge on any atom is -0.505 e. The molecule has 4 aromatic rings. The average molecular weight is 560 g/mol. The van der Waals surface area contributed by atoms with Gasteiger partial charge in [0.05, 0.1) is 34.0 Å². The third-order valence-electron chi connectivity index (χ3n) is 5.51. The van der Waals surface area contributed by atoms with Crippen molar-refractivity contribution in [2.24, 2.45) is 10.2 Å². The molecule has 0 atom stereocenters. The fraction of sp³-hybridized carbons (Fsp3) is 0.0800. The molecule has 0 aliphatic heterocycles. The van der Waals surface area contributed by atoms with Crippen molar-refractivity contribution in [3.8, 4) is 11.5 Å². The van der Waals surface area contributed by atoms with Crippen LogP contribution in [0.2, 0.25) is 10.0 Å². The van der Waals surface area contributed by atoms with E-state index in [1.165, 1.54) is 19.2 Å². The van der Waals surface area contributed by atoms with Crippen molar-refractivity contribution in [3.63, 3.8) is 0 Å². The second kappa shape index (κ2) is 10.3. The van der Waals surface area contributed by atoms with Crippen LogP contribution < -0.4 is 10.1 Å². The maximum absolute atomic E-state index is 13.1. The van der Waals surface area contributed by atoms with Crippen LogP contribution in [-0.2, 0) is 10.1 Å². The maximum atomic E-state index is 13.1. The zero-order valence-corrected chi connectivity index (χ0v) is 21.7. The monoisotopic (exact) mass is 559 g/mol. The van der Waals surface area contributed by atoms with E-state index in [1.54, 1.807) is 43.3 Å². The highest BCUT2D eigenvalue weighted by atomic mass is 35.5. The molecule has 0 radical (unpaired) electrons. The molecule has 0 aliphatic carbocycles. The first-order valence-electron chi connectivity index (χ1n) is 10.6. The molecule has 0 saturated heterocycles. The number of hydrogen-bond donors (Lipinski definition) is 3. The molecule has 9 nitrogen and oxygen atoms in total. The van der Waals surface area contributed by atoms with Crippen LogP contribution in [0.25, 0.3) is 10.8 Å². The van der Waals surface area contributed by atoms with Crippen molar-refractivity contribution in [2.45, 2.75) is 11.8 Å². The van der Waals surface area contributed by atoms with Crippen molar-refractivity contribution in [1.29, 1.82) is 0 Å². The summed E-state index contributed by atoms with van der Waals surface area (Å²) in [4.78, 5) is 12.7. The van der Waals surface area contributed by atoms with Gasteiger partial charge in [0, 0.05) is 16.5 Å². The zero-order valence-electron chi connectivity index (χ0n) is 19.4. The van der Waals surface area contributed by atoms with Crippen molar-refractivity contribution in [3.05, 3.63) is 81.8 Å².